The number of ether oxygens (including phenoxy) is 1. The van der Waals surface area contributed by atoms with Crippen LogP contribution < -0.4 is 11.1 Å². The minimum Gasteiger partial charge on any atom is -0.441 e. The summed E-state index contributed by atoms with van der Waals surface area (Å²) in [6.45, 7) is 8.30. The number of carbonyl (C=O) groups excluding carboxylic acids is 1. The average molecular weight is 317 g/mol. The first-order valence-corrected chi connectivity index (χ1v) is 7.87. The monoisotopic (exact) mass is 317 g/mol. The molecular formula is C17H23N3O3. The topological polar surface area (TPSA) is 90.4 Å². The number of hydrogen-bond acceptors (Lipinski definition) is 5. The summed E-state index contributed by atoms with van der Waals surface area (Å²) in [7, 11) is 0. The van der Waals surface area contributed by atoms with Crippen LogP contribution in [0.4, 0.5) is 5.69 Å². The molecule has 1 aromatic heterocycles. The number of amides is 1. The van der Waals surface area contributed by atoms with Crippen LogP contribution in [-0.2, 0) is 9.53 Å². The van der Waals surface area contributed by atoms with Crippen LogP contribution in [0.2, 0.25) is 0 Å². The van der Waals surface area contributed by atoms with E-state index in [1.54, 1.807) is 19.1 Å². The molecule has 0 radical (unpaired) electrons. The molecule has 6 heteroatoms. The SMILES string of the molecule is CCOC1CC(N)(C(=O)Nc2ccc3nc(C)oc3c2)C1(C)C. The number of hydrogen-bond donors (Lipinski definition) is 2. The standard InChI is InChI=1S/C17H23N3O3/c1-5-22-14-9-17(18,16(14,3)4)15(21)20-11-6-7-12-13(8-11)23-10(2)19-12/h6-8,14H,5,9,18H2,1-4H3,(H,20,21). The van der Waals surface area contributed by atoms with Crippen molar-refractivity contribution in [3.8, 4) is 0 Å². The molecule has 6 nitrogen and oxygen atoms in total. The molecule has 2 unspecified atom stereocenters. The van der Waals surface area contributed by atoms with E-state index in [0.717, 1.165) is 5.52 Å². The van der Waals surface area contributed by atoms with E-state index in [1.165, 1.54) is 0 Å². The van der Waals surface area contributed by atoms with Gasteiger partial charge in [0.25, 0.3) is 0 Å². The Kier molecular flexibility index (Phi) is 3.69. The second-order valence-corrected chi connectivity index (χ2v) is 6.71. The Morgan fingerprint density at radius 3 is 2.91 bits per heavy atom. The summed E-state index contributed by atoms with van der Waals surface area (Å²) in [5.41, 5.74) is 7.08. The van der Waals surface area contributed by atoms with Gasteiger partial charge in [-0.05, 0) is 19.1 Å². The second-order valence-electron chi connectivity index (χ2n) is 6.71. The molecule has 0 spiro atoms. The lowest BCUT2D eigenvalue weighted by molar-refractivity contribution is -0.166. The molecule has 1 fully saturated rings. The molecule has 1 aliphatic carbocycles. The van der Waals surface area contributed by atoms with Crippen molar-refractivity contribution in [2.45, 2.75) is 45.8 Å². The van der Waals surface area contributed by atoms with Crippen molar-refractivity contribution in [1.82, 2.24) is 4.98 Å². The minimum absolute atomic E-state index is 0.00246. The quantitative estimate of drug-likeness (QED) is 0.904. The van der Waals surface area contributed by atoms with Crippen LogP contribution in [-0.4, -0.2) is 29.1 Å². The summed E-state index contributed by atoms with van der Waals surface area (Å²) in [6, 6.07) is 5.39. The number of nitrogens with one attached hydrogen (secondary N) is 1. The number of fused-ring (bicyclic) bond motifs is 1. The molecule has 1 aromatic carbocycles. The highest BCUT2D eigenvalue weighted by atomic mass is 16.5. The Bertz CT molecular complexity index is 753. The molecule has 124 valence electrons. The fourth-order valence-electron chi connectivity index (χ4n) is 3.18. The van der Waals surface area contributed by atoms with E-state index in [2.05, 4.69) is 10.3 Å². The third-order valence-electron chi connectivity index (χ3n) is 4.99. The number of benzene rings is 1. The first-order chi connectivity index (χ1) is 10.8. The van der Waals surface area contributed by atoms with Crippen LogP contribution in [0.15, 0.2) is 22.6 Å². The van der Waals surface area contributed by atoms with E-state index in [-0.39, 0.29) is 12.0 Å². The van der Waals surface area contributed by atoms with Crippen LogP contribution in [0, 0.1) is 12.3 Å². The van der Waals surface area contributed by atoms with Gasteiger partial charge in [-0.1, -0.05) is 13.8 Å². The smallest absolute Gasteiger partial charge is 0.245 e. The number of nitrogens with two attached hydrogens (primary N) is 1. The van der Waals surface area contributed by atoms with Gasteiger partial charge in [0.1, 0.15) is 11.1 Å². The Morgan fingerprint density at radius 2 is 2.26 bits per heavy atom. The number of anilines is 1. The van der Waals surface area contributed by atoms with Gasteiger partial charge >= 0.3 is 0 Å². The molecule has 23 heavy (non-hydrogen) atoms. The molecule has 0 aliphatic heterocycles. The highest BCUT2D eigenvalue weighted by Crippen LogP contribution is 2.50. The lowest BCUT2D eigenvalue weighted by Crippen LogP contribution is -2.74. The van der Waals surface area contributed by atoms with Crippen LogP contribution in [0.5, 0.6) is 0 Å². The maximum Gasteiger partial charge on any atom is 0.245 e. The van der Waals surface area contributed by atoms with Crippen LogP contribution >= 0.6 is 0 Å². The predicted molar refractivity (Wildman–Crippen MR) is 88.1 cm³/mol. The molecule has 3 rings (SSSR count). The summed E-state index contributed by atoms with van der Waals surface area (Å²) in [4.78, 5) is 16.9. The van der Waals surface area contributed by atoms with Gasteiger partial charge in [0.05, 0.1) is 6.10 Å². The zero-order chi connectivity index (χ0) is 16.8. The van der Waals surface area contributed by atoms with E-state index in [9.17, 15) is 4.79 Å². The predicted octanol–water partition coefficient (Wildman–Crippen LogP) is 2.61. The molecular weight excluding hydrogens is 294 g/mol. The van der Waals surface area contributed by atoms with Crippen molar-refractivity contribution in [3.05, 3.63) is 24.1 Å². The lowest BCUT2D eigenvalue weighted by Gasteiger charge is -2.57. The van der Waals surface area contributed by atoms with Gasteiger partial charge in [-0.2, -0.15) is 0 Å². The summed E-state index contributed by atoms with van der Waals surface area (Å²) >= 11 is 0. The normalized spacial score (nSPS) is 26.0. The van der Waals surface area contributed by atoms with Crippen molar-refractivity contribution in [2.75, 3.05) is 11.9 Å². The maximum absolute atomic E-state index is 12.7. The average Bonchev–Trinajstić information content (AvgIpc) is 2.86. The van der Waals surface area contributed by atoms with Gasteiger partial charge < -0.3 is 20.2 Å². The molecule has 1 aliphatic rings. The summed E-state index contributed by atoms with van der Waals surface area (Å²) in [5, 5.41) is 2.90. The van der Waals surface area contributed by atoms with E-state index in [0.29, 0.717) is 30.2 Å². The molecule has 3 N–H and O–H groups in total. The van der Waals surface area contributed by atoms with Crippen molar-refractivity contribution in [1.29, 1.82) is 0 Å². The van der Waals surface area contributed by atoms with Crippen LogP contribution in [0.3, 0.4) is 0 Å². The third kappa shape index (κ3) is 2.42. The first kappa shape index (κ1) is 16.0. The Labute approximate surface area is 135 Å². The van der Waals surface area contributed by atoms with Gasteiger partial charge in [0.15, 0.2) is 11.5 Å². The zero-order valence-electron chi connectivity index (χ0n) is 14.0. The van der Waals surface area contributed by atoms with E-state index >= 15 is 0 Å². The Balaban J connectivity index is 1.78. The molecule has 1 saturated carbocycles. The van der Waals surface area contributed by atoms with Crippen LogP contribution in [0.1, 0.15) is 33.1 Å². The molecule has 2 atom stereocenters. The highest BCUT2D eigenvalue weighted by Gasteiger charge is 2.62. The fourth-order valence-corrected chi connectivity index (χ4v) is 3.18. The number of carbonyl (C=O) groups is 1. The van der Waals surface area contributed by atoms with E-state index in [1.807, 2.05) is 26.8 Å². The third-order valence-corrected chi connectivity index (χ3v) is 4.99. The summed E-state index contributed by atoms with van der Waals surface area (Å²) in [6.07, 6.45) is 0.520. The Hall–Kier alpha value is -1.92. The second kappa shape index (κ2) is 5.32. The van der Waals surface area contributed by atoms with Gasteiger partial charge in [0, 0.05) is 37.1 Å². The van der Waals surface area contributed by atoms with Crippen molar-refractivity contribution in [3.63, 3.8) is 0 Å². The number of aryl methyl sites for hydroxylation is 1. The zero-order valence-corrected chi connectivity index (χ0v) is 14.0. The Morgan fingerprint density at radius 1 is 1.52 bits per heavy atom. The van der Waals surface area contributed by atoms with Gasteiger partial charge in [-0.3, -0.25) is 4.79 Å². The molecule has 0 bridgehead atoms. The maximum atomic E-state index is 12.7. The number of rotatable bonds is 4. The molecule has 2 aromatic rings. The number of nitrogens with zero attached hydrogens (tertiary/aromatic N) is 1. The minimum atomic E-state index is -0.945. The van der Waals surface area contributed by atoms with E-state index in [4.69, 9.17) is 14.9 Å². The molecule has 0 saturated heterocycles. The highest BCUT2D eigenvalue weighted by molar-refractivity contribution is 6.00. The van der Waals surface area contributed by atoms with Crippen molar-refractivity contribution >= 4 is 22.7 Å². The molecule has 1 heterocycles. The van der Waals surface area contributed by atoms with Crippen molar-refractivity contribution < 1.29 is 13.9 Å². The molecule has 1 amide bonds. The van der Waals surface area contributed by atoms with Gasteiger partial charge in [-0.15, -0.1) is 0 Å². The number of aromatic nitrogens is 1. The number of oxazole rings is 1. The largest absolute Gasteiger partial charge is 0.441 e. The van der Waals surface area contributed by atoms with Gasteiger partial charge in [-0.25, -0.2) is 4.98 Å². The van der Waals surface area contributed by atoms with Crippen molar-refractivity contribution in [2.24, 2.45) is 11.1 Å². The lowest BCUT2D eigenvalue weighted by atomic mass is 9.54. The fraction of sp³-hybridized carbons (Fsp3) is 0.529. The first-order valence-electron chi connectivity index (χ1n) is 7.87. The summed E-state index contributed by atoms with van der Waals surface area (Å²) in [5.74, 6) is 0.396. The summed E-state index contributed by atoms with van der Waals surface area (Å²) < 4.78 is 11.2. The van der Waals surface area contributed by atoms with Gasteiger partial charge in [0.2, 0.25) is 5.91 Å². The van der Waals surface area contributed by atoms with E-state index < -0.39 is 11.0 Å². The van der Waals surface area contributed by atoms with Crippen LogP contribution in [0.25, 0.3) is 11.1 Å².